The number of pyridine rings is 1. The fourth-order valence-corrected chi connectivity index (χ4v) is 2.06. The third-order valence-electron chi connectivity index (χ3n) is 2.86. The predicted molar refractivity (Wildman–Crippen MR) is 73.4 cm³/mol. The van der Waals surface area contributed by atoms with Gasteiger partial charge in [0.1, 0.15) is 0 Å². The molecule has 0 bridgehead atoms. The molecule has 0 amide bonds. The number of nitrogens with zero attached hydrogens (tertiary/aromatic N) is 3. The Morgan fingerprint density at radius 1 is 1.44 bits per heavy atom. The van der Waals surface area contributed by atoms with Crippen molar-refractivity contribution in [2.45, 2.75) is 18.7 Å². The highest BCUT2D eigenvalue weighted by Crippen LogP contribution is 2.24. The number of imidazole rings is 1. The Bertz CT molecular complexity index is 567. The van der Waals surface area contributed by atoms with E-state index < -0.39 is 10.8 Å². The van der Waals surface area contributed by atoms with Gasteiger partial charge in [-0.15, -0.1) is 0 Å². The Morgan fingerprint density at radius 3 is 2.89 bits per heavy atom. The summed E-state index contributed by atoms with van der Waals surface area (Å²) in [7, 11) is -0.860. The average molecular weight is 264 g/mol. The van der Waals surface area contributed by atoms with Gasteiger partial charge >= 0.3 is 0 Å². The van der Waals surface area contributed by atoms with Crippen molar-refractivity contribution < 1.29 is 4.21 Å². The highest BCUT2D eigenvalue weighted by atomic mass is 32.2. The smallest absolute Gasteiger partial charge is 0.0951 e. The first-order valence-electron chi connectivity index (χ1n) is 5.62. The van der Waals surface area contributed by atoms with E-state index in [9.17, 15) is 4.21 Å². The van der Waals surface area contributed by atoms with Crippen molar-refractivity contribution in [3.05, 3.63) is 31.0 Å². The minimum absolute atomic E-state index is 0.0656. The van der Waals surface area contributed by atoms with Gasteiger partial charge in [-0.05, 0) is 13.0 Å². The molecule has 0 saturated carbocycles. The largest absolute Gasteiger partial charge is 0.398 e. The Kier molecular flexibility index (Phi) is 3.76. The molecule has 2 unspecified atom stereocenters. The van der Waals surface area contributed by atoms with Crippen molar-refractivity contribution in [3.8, 4) is 11.3 Å². The number of hydrogen-bond acceptors (Lipinski definition) is 4. The van der Waals surface area contributed by atoms with Crippen molar-refractivity contribution in [1.82, 2.24) is 14.5 Å². The van der Waals surface area contributed by atoms with Gasteiger partial charge < -0.3 is 10.3 Å². The Morgan fingerprint density at radius 2 is 2.22 bits per heavy atom. The van der Waals surface area contributed by atoms with Gasteiger partial charge in [-0.25, -0.2) is 4.98 Å². The summed E-state index contributed by atoms with van der Waals surface area (Å²) < 4.78 is 13.4. The van der Waals surface area contributed by atoms with Gasteiger partial charge in [0.2, 0.25) is 0 Å². The summed E-state index contributed by atoms with van der Waals surface area (Å²) in [6.45, 7) is 2.60. The fourth-order valence-electron chi connectivity index (χ4n) is 1.69. The van der Waals surface area contributed by atoms with Crippen LogP contribution >= 0.6 is 0 Å². The fraction of sp³-hybridized carbons (Fsp3) is 0.333. The Hall–Kier alpha value is -1.69. The van der Waals surface area contributed by atoms with Gasteiger partial charge in [0.15, 0.2) is 0 Å². The van der Waals surface area contributed by atoms with E-state index in [1.54, 1.807) is 37.2 Å². The van der Waals surface area contributed by atoms with Crippen LogP contribution in [0.1, 0.15) is 6.92 Å². The molecule has 18 heavy (non-hydrogen) atoms. The predicted octanol–water partition coefficient (Wildman–Crippen LogP) is 1.29. The van der Waals surface area contributed by atoms with Crippen molar-refractivity contribution in [3.63, 3.8) is 0 Å². The van der Waals surface area contributed by atoms with Crippen LogP contribution in [0.3, 0.4) is 0 Å². The number of nitrogen functional groups attached to an aromatic ring is 1. The first-order valence-corrected chi connectivity index (χ1v) is 7.24. The van der Waals surface area contributed by atoms with Crippen LogP contribution in [0.5, 0.6) is 0 Å². The second kappa shape index (κ2) is 5.30. The monoisotopic (exact) mass is 264 g/mol. The Labute approximate surface area is 109 Å². The maximum atomic E-state index is 11.4. The van der Waals surface area contributed by atoms with E-state index in [1.165, 1.54) is 0 Å². The number of anilines is 1. The molecule has 2 aromatic rings. The summed E-state index contributed by atoms with van der Waals surface area (Å²) >= 11 is 0. The molecule has 0 aromatic carbocycles. The molecule has 2 atom stereocenters. The Balaban J connectivity index is 2.34. The molecule has 0 aliphatic rings. The lowest BCUT2D eigenvalue weighted by Crippen LogP contribution is -2.17. The normalized spacial score (nSPS) is 14.3. The van der Waals surface area contributed by atoms with Crippen LogP contribution < -0.4 is 5.73 Å². The van der Waals surface area contributed by atoms with Crippen molar-refractivity contribution in [2.24, 2.45) is 0 Å². The average Bonchev–Trinajstić information content (AvgIpc) is 2.77. The van der Waals surface area contributed by atoms with E-state index >= 15 is 0 Å². The summed E-state index contributed by atoms with van der Waals surface area (Å²) in [5.41, 5.74) is 8.35. The molecule has 0 aliphatic heterocycles. The van der Waals surface area contributed by atoms with Crippen molar-refractivity contribution in [2.75, 3.05) is 12.0 Å². The first kappa shape index (κ1) is 12.8. The summed E-state index contributed by atoms with van der Waals surface area (Å²) in [5.74, 6) is 0. The maximum absolute atomic E-state index is 11.4. The van der Waals surface area contributed by atoms with Crippen LogP contribution in [0, 0.1) is 0 Å². The zero-order valence-corrected chi connectivity index (χ0v) is 11.2. The number of nitrogens with two attached hydrogens (primary N) is 1. The van der Waals surface area contributed by atoms with Gasteiger partial charge in [-0.2, -0.15) is 0 Å². The van der Waals surface area contributed by atoms with Gasteiger partial charge in [-0.3, -0.25) is 9.19 Å². The number of hydrogen-bond donors (Lipinski definition) is 1. The van der Waals surface area contributed by atoms with Crippen LogP contribution in [-0.2, 0) is 17.3 Å². The lowest BCUT2D eigenvalue weighted by atomic mass is 10.2. The standard InChI is InChI=1S/C12H16N4OS/c1-9(18(2)17)7-16-8-15-6-12(16)10-5-14-4-3-11(10)13/h3-6,8-9H,7H2,1-2H3,(H2,13,14). The maximum Gasteiger partial charge on any atom is 0.0951 e. The highest BCUT2D eigenvalue weighted by molar-refractivity contribution is 7.84. The van der Waals surface area contributed by atoms with Gasteiger partial charge in [0.25, 0.3) is 0 Å². The molecule has 0 spiro atoms. The molecule has 0 fully saturated rings. The van der Waals surface area contributed by atoms with Gasteiger partial charge in [0.05, 0.1) is 18.2 Å². The second-order valence-corrected chi connectivity index (χ2v) is 6.01. The summed E-state index contributed by atoms with van der Waals surface area (Å²) in [6, 6.07) is 1.76. The van der Waals surface area contributed by atoms with Crippen LogP contribution in [-0.4, -0.2) is 30.2 Å². The summed E-state index contributed by atoms with van der Waals surface area (Å²) in [4.78, 5) is 8.21. The van der Waals surface area contributed by atoms with Crippen molar-refractivity contribution >= 4 is 16.5 Å². The quantitative estimate of drug-likeness (QED) is 0.903. The van der Waals surface area contributed by atoms with Gasteiger partial charge in [-0.1, -0.05) is 0 Å². The van der Waals surface area contributed by atoms with Crippen LogP contribution in [0.15, 0.2) is 31.0 Å². The van der Waals surface area contributed by atoms with Gasteiger partial charge in [0, 0.05) is 52.5 Å². The first-order chi connectivity index (χ1) is 8.59. The third-order valence-corrected chi connectivity index (χ3v) is 4.15. The van der Waals surface area contributed by atoms with E-state index in [-0.39, 0.29) is 5.25 Å². The molecule has 2 N–H and O–H groups in total. The second-order valence-electron chi connectivity index (χ2n) is 4.20. The van der Waals surface area contributed by atoms with E-state index in [0.29, 0.717) is 12.2 Å². The molecule has 0 saturated heterocycles. The van der Waals surface area contributed by atoms with Crippen molar-refractivity contribution in [1.29, 1.82) is 0 Å². The third kappa shape index (κ3) is 2.59. The van der Waals surface area contributed by atoms with E-state index in [2.05, 4.69) is 9.97 Å². The molecule has 2 heterocycles. The topological polar surface area (TPSA) is 73.8 Å². The molecule has 6 heteroatoms. The molecular formula is C12H16N4OS. The lowest BCUT2D eigenvalue weighted by Gasteiger charge is -2.13. The molecule has 0 aliphatic carbocycles. The highest BCUT2D eigenvalue weighted by Gasteiger charge is 2.12. The number of rotatable bonds is 4. The van der Waals surface area contributed by atoms with E-state index in [4.69, 9.17) is 5.73 Å². The lowest BCUT2D eigenvalue weighted by molar-refractivity contribution is 0.645. The SMILES string of the molecule is CC(Cn1cncc1-c1cnccc1N)S(C)=O. The van der Waals surface area contributed by atoms with E-state index in [0.717, 1.165) is 11.3 Å². The minimum Gasteiger partial charge on any atom is -0.398 e. The van der Waals surface area contributed by atoms with Crippen LogP contribution in [0.2, 0.25) is 0 Å². The molecule has 2 rings (SSSR count). The zero-order valence-electron chi connectivity index (χ0n) is 10.4. The molecular weight excluding hydrogens is 248 g/mol. The molecule has 96 valence electrons. The molecule has 2 aromatic heterocycles. The van der Waals surface area contributed by atoms with Crippen LogP contribution in [0.25, 0.3) is 11.3 Å². The molecule has 5 nitrogen and oxygen atoms in total. The minimum atomic E-state index is -0.860. The summed E-state index contributed by atoms with van der Waals surface area (Å²) in [5, 5.41) is 0.0656. The molecule has 0 radical (unpaired) electrons. The van der Waals surface area contributed by atoms with E-state index in [1.807, 2.05) is 11.5 Å². The zero-order chi connectivity index (χ0) is 13.1. The van der Waals surface area contributed by atoms with Crippen LogP contribution in [0.4, 0.5) is 5.69 Å². The number of aromatic nitrogens is 3. The summed E-state index contributed by atoms with van der Waals surface area (Å²) in [6.07, 6.45) is 8.56.